The van der Waals surface area contributed by atoms with E-state index < -0.39 is 17.9 Å². The number of carbonyl (C=O) groups excluding carboxylic acids is 2. The molecule has 0 saturated carbocycles. The third-order valence-electron chi connectivity index (χ3n) is 7.02. The Labute approximate surface area is 247 Å². The van der Waals surface area contributed by atoms with Gasteiger partial charge in [-0.2, -0.15) is 0 Å². The summed E-state index contributed by atoms with van der Waals surface area (Å²) >= 11 is 3.41. The maximum absolute atomic E-state index is 14.7. The van der Waals surface area contributed by atoms with Gasteiger partial charge in [0.15, 0.2) is 0 Å². The molecular weight excluding hydrogens is 593 g/mol. The lowest BCUT2D eigenvalue weighted by Crippen LogP contribution is -2.49. The van der Waals surface area contributed by atoms with Gasteiger partial charge in [-0.25, -0.2) is 9.18 Å². The number of hydrogen-bond donors (Lipinski definition) is 1. The zero-order valence-electron chi connectivity index (χ0n) is 23.7. The van der Waals surface area contributed by atoms with Gasteiger partial charge < -0.3 is 24.4 Å². The van der Waals surface area contributed by atoms with E-state index in [1.54, 1.807) is 50.3 Å². The van der Waals surface area contributed by atoms with Crippen molar-refractivity contribution in [3.63, 3.8) is 0 Å². The lowest BCUT2D eigenvalue weighted by atomic mass is 9.92. The van der Waals surface area contributed by atoms with Crippen molar-refractivity contribution in [2.24, 2.45) is 0 Å². The Bertz CT molecular complexity index is 1460. The quantitative estimate of drug-likeness (QED) is 0.268. The van der Waals surface area contributed by atoms with Gasteiger partial charge in [0.2, 0.25) is 0 Å². The molecule has 216 valence electrons. The molecule has 0 spiro atoms. The van der Waals surface area contributed by atoms with Gasteiger partial charge in [0.1, 0.15) is 28.8 Å². The number of likely N-dealkylation sites (N-methyl/N-ethyl adjacent to an activating group) is 1. The van der Waals surface area contributed by atoms with Crippen LogP contribution in [0.4, 0.5) is 9.18 Å². The lowest BCUT2D eigenvalue weighted by Gasteiger charge is -2.38. The molecule has 1 aliphatic rings. The van der Waals surface area contributed by atoms with E-state index in [1.165, 1.54) is 23.1 Å². The summed E-state index contributed by atoms with van der Waals surface area (Å²) < 4.78 is 32.5. The SMILES string of the molecule is CCN(CC)C(=O)C1=C(C)N(Cc2ccc(OC)cc2OC)C(=O)NC1c1cc(F)ccc1Oc1ccc(Br)cc1. The number of benzene rings is 3. The molecule has 1 aliphatic heterocycles. The number of nitrogens with one attached hydrogen (secondary N) is 1. The molecular formula is C31H33BrFN3O5. The normalized spacial score (nSPS) is 15.0. The minimum absolute atomic E-state index is 0.137. The zero-order chi connectivity index (χ0) is 29.7. The minimum atomic E-state index is -0.953. The van der Waals surface area contributed by atoms with Gasteiger partial charge in [0.05, 0.1) is 32.4 Å². The standard InChI is InChI=1S/C31H33BrFN3O5/c1-6-35(7-2)30(37)28-19(3)36(18-20-8-12-24(39-4)17-27(20)40-5)31(38)34-29(28)25-16-22(33)11-15-26(25)41-23-13-9-21(32)10-14-23/h8-17,29H,6-7,18H2,1-5H3,(H,34,38). The van der Waals surface area contributed by atoms with Crippen LogP contribution in [0.5, 0.6) is 23.0 Å². The highest BCUT2D eigenvalue weighted by atomic mass is 79.9. The molecule has 1 N–H and O–H groups in total. The van der Waals surface area contributed by atoms with Crippen LogP contribution in [0.25, 0.3) is 0 Å². The second kappa shape index (κ2) is 13.1. The largest absolute Gasteiger partial charge is 0.497 e. The average molecular weight is 627 g/mol. The van der Waals surface area contributed by atoms with Crippen molar-refractivity contribution in [2.75, 3.05) is 27.3 Å². The van der Waals surface area contributed by atoms with Crippen molar-refractivity contribution in [3.05, 3.63) is 93.4 Å². The van der Waals surface area contributed by atoms with Gasteiger partial charge in [-0.1, -0.05) is 15.9 Å². The molecule has 10 heteroatoms. The van der Waals surface area contributed by atoms with Crippen LogP contribution >= 0.6 is 15.9 Å². The first-order chi connectivity index (χ1) is 19.7. The summed E-state index contributed by atoms with van der Waals surface area (Å²) in [7, 11) is 3.10. The monoisotopic (exact) mass is 625 g/mol. The number of carbonyl (C=O) groups is 2. The van der Waals surface area contributed by atoms with Crippen molar-refractivity contribution >= 4 is 27.9 Å². The summed E-state index contributed by atoms with van der Waals surface area (Å²) in [5.74, 6) is 1.22. The second-order valence-electron chi connectivity index (χ2n) is 9.36. The predicted molar refractivity (Wildman–Crippen MR) is 158 cm³/mol. The van der Waals surface area contributed by atoms with Crippen molar-refractivity contribution in [1.82, 2.24) is 15.1 Å². The van der Waals surface area contributed by atoms with E-state index in [4.69, 9.17) is 14.2 Å². The van der Waals surface area contributed by atoms with Crippen LogP contribution in [0.2, 0.25) is 0 Å². The Balaban J connectivity index is 1.82. The third-order valence-corrected chi connectivity index (χ3v) is 7.55. The Morgan fingerprint density at radius 3 is 2.29 bits per heavy atom. The molecule has 41 heavy (non-hydrogen) atoms. The van der Waals surface area contributed by atoms with Crippen molar-refractivity contribution < 1.29 is 28.2 Å². The Morgan fingerprint density at radius 1 is 0.976 bits per heavy atom. The van der Waals surface area contributed by atoms with E-state index in [0.717, 1.165) is 10.0 Å². The number of nitrogens with zero attached hydrogens (tertiary/aromatic N) is 2. The van der Waals surface area contributed by atoms with E-state index >= 15 is 0 Å². The van der Waals surface area contributed by atoms with Gasteiger partial charge in [-0.15, -0.1) is 0 Å². The lowest BCUT2D eigenvalue weighted by molar-refractivity contribution is -0.127. The fourth-order valence-electron chi connectivity index (χ4n) is 4.78. The summed E-state index contributed by atoms with van der Waals surface area (Å²) in [6, 6.07) is 15.2. The van der Waals surface area contributed by atoms with E-state index in [9.17, 15) is 14.0 Å². The molecule has 0 aromatic heterocycles. The summed E-state index contributed by atoms with van der Waals surface area (Å²) in [6.45, 7) is 6.57. The summed E-state index contributed by atoms with van der Waals surface area (Å²) in [6.07, 6.45) is 0. The first-order valence-electron chi connectivity index (χ1n) is 13.2. The molecule has 3 aromatic rings. The number of ether oxygens (including phenoxy) is 3. The van der Waals surface area contributed by atoms with Crippen LogP contribution in [0.1, 0.15) is 37.9 Å². The molecule has 0 aliphatic carbocycles. The smallest absolute Gasteiger partial charge is 0.322 e. The number of rotatable bonds is 10. The molecule has 0 bridgehead atoms. The van der Waals surface area contributed by atoms with Crippen LogP contribution in [0.15, 0.2) is 76.4 Å². The molecule has 3 amide bonds. The Hall–Kier alpha value is -4.05. The van der Waals surface area contributed by atoms with E-state index in [2.05, 4.69) is 21.2 Å². The maximum Gasteiger partial charge on any atom is 0.322 e. The summed E-state index contributed by atoms with van der Waals surface area (Å²) in [4.78, 5) is 30.8. The average Bonchev–Trinajstić information content (AvgIpc) is 2.97. The van der Waals surface area contributed by atoms with E-state index in [1.807, 2.05) is 32.0 Å². The zero-order valence-corrected chi connectivity index (χ0v) is 25.2. The fourth-order valence-corrected chi connectivity index (χ4v) is 5.05. The van der Waals surface area contributed by atoms with Crippen LogP contribution < -0.4 is 19.5 Å². The number of allylic oxidation sites excluding steroid dienone is 1. The van der Waals surface area contributed by atoms with Gasteiger partial charge >= 0.3 is 6.03 Å². The molecule has 3 aromatic carbocycles. The van der Waals surface area contributed by atoms with Gasteiger partial charge in [0.25, 0.3) is 5.91 Å². The van der Waals surface area contributed by atoms with Crippen LogP contribution in [-0.2, 0) is 11.3 Å². The van der Waals surface area contributed by atoms with Crippen LogP contribution in [0, 0.1) is 5.82 Å². The fraction of sp³-hybridized carbons (Fsp3) is 0.290. The predicted octanol–water partition coefficient (Wildman–Crippen LogP) is 6.81. The third kappa shape index (κ3) is 6.48. The molecule has 0 saturated heterocycles. The molecule has 8 nitrogen and oxygen atoms in total. The highest BCUT2D eigenvalue weighted by Gasteiger charge is 2.38. The molecule has 1 heterocycles. The van der Waals surface area contributed by atoms with Gasteiger partial charge in [0, 0.05) is 40.5 Å². The molecule has 0 fully saturated rings. The summed E-state index contributed by atoms with van der Waals surface area (Å²) in [5.41, 5.74) is 1.83. The number of amides is 3. The highest BCUT2D eigenvalue weighted by molar-refractivity contribution is 9.10. The van der Waals surface area contributed by atoms with Crippen LogP contribution in [0.3, 0.4) is 0 Å². The molecule has 1 atom stereocenters. The molecule has 1 unspecified atom stereocenters. The van der Waals surface area contributed by atoms with Crippen LogP contribution in [-0.4, -0.2) is 49.0 Å². The molecule has 4 rings (SSSR count). The topological polar surface area (TPSA) is 80.3 Å². The first-order valence-corrected chi connectivity index (χ1v) is 14.0. The minimum Gasteiger partial charge on any atom is -0.497 e. The number of halogens is 2. The van der Waals surface area contributed by atoms with Gasteiger partial charge in [-0.05, 0) is 75.4 Å². The van der Waals surface area contributed by atoms with E-state index in [0.29, 0.717) is 52.9 Å². The summed E-state index contributed by atoms with van der Waals surface area (Å²) in [5, 5.41) is 2.95. The molecule has 0 radical (unpaired) electrons. The number of hydrogen-bond acceptors (Lipinski definition) is 5. The second-order valence-corrected chi connectivity index (χ2v) is 10.3. The Morgan fingerprint density at radius 2 is 1.66 bits per heavy atom. The number of methoxy groups -OCH3 is 2. The Kier molecular flexibility index (Phi) is 9.54. The van der Waals surface area contributed by atoms with Crippen molar-refractivity contribution in [3.8, 4) is 23.0 Å². The van der Waals surface area contributed by atoms with Crippen molar-refractivity contribution in [2.45, 2.75) is 33.4 Å². The first kappa shape index (κ1) is 29.9. The number of urea groups is 1. The maximum atomic E-state index is 14.7. The highest BCUT2D eigenvalue weighted by Crippen LogP contribution is 2.39. The van der Waals surface area contributed by atoms with Crippen molar-refractivity contribution in [1.29, 1.82) is 0 Å². The van der Waals surface area contributed by atoms with E-state index in [-0.39, 0.29) is 12.5 Å². The van der Waals surface area contributed by atoms with Gasteiger partial charge in [-0.3, -0.25) is 9.69 Å².